The van der Waals surface area contributed by atoms with Crippen molar-refractivity contribution in [2.45, 2.75) is 19.9 Å². The summed E-state index contributed by atoms with van der Waals surface area (Å²) in [5.74, 6) is 0.993. The molecular formula is C21H28N6. The number of piperazine rings is 1. The van der Waals surface area contributed by atoms with E-state index in [4.69, 9.17) is 4.98 Å². The lowest BCUT2D eigenvalue weighted by Gasteiger charge is -2.36. The molecular weight excluding hydrogens is 336 g/mol. The predicted molar refractivity (Wildman–Crippen MR) is 110 cm³/mol. The molecule has 27 heavy (non-hydrogen) atoms. The molecule has 0 aliphatic carbocycles. The van der Waals surface area contributed by atoms with Gasteiger partial charge in [0.05, 0.1) is 11.4 Å². The first kappa shape index (κ1) is 17.9. The summed E-state index contributed by atoms with van der Waals surface area (Å²) in [4.78, 5) is 9.74. The molecule has 1 N–H and O–H groups in total. The van der Waals surface area contributed by atoms with Crippen molar-refractivity contribution in [1.29, 1.82) is 0 Å². The van der Waals surface area contributed by atoms with Crippen molar-refractivity contribution >= 4 is 11.5 Å². The van der Waals surface area contributed by atoms with Crippen LogP contribution in [0.1, 0.15) is 12.6 Å². The van der Waals surface area contributed by atoms with Gasteiger partial charge in [-0.1, -0.05) is 30.3 Å². The molecule has 1 saturated heterocycles. The Morgan fingerprint density at radius 2 is 1.81 bits per heavy atom. The van der Waals surface area contributed by atoms with Crippen LogP contribution in [0.2, 0.25) is 0 Å². The summed E-state index contributed by atoms with van der Waals surface area (Å²) in [6, 6.07) is 14.9. The van der Waals surface area contributed by atoms with Gasteiger partial charge < -0.3 is 10.2 Å². The average Bonchev–Trinajstić information content (AvgIpc) is 3.07. The summed E-state index contributed by atoms with van der Waals surface area (Å²) in [6.07, 6.45) is 0. The van der Waals surface area contributed by atoms with E-state index in [1.165, 1.54) is 0 Å². The predicted octanol–water partition coefficient (Wildman–Crippen LogP) is 2.75. The van der Waals surface area contributed by atoms with Crippen molar-refractivity contribution in [3.8, 4) is 11.3 Å². The van der Waals surface area contributed by atoms with Crippen molar-refractivity contribution < 1.29 is 0 Å². The van der Waals surface area contributed by atoms with Crippen LogP contribution in [-0.2, 0) is 0 Å². The van der Waals surface area contributed by atoms with Crippen LogP contribution in [0.4, 0.5) is 5.82 Å². The number of nitrogens with one attached hydrogen (secondary N) is 1. The maximum absolute atomic E-state index is 4.80. The fourth-order valence-corrected chi connectivity index (χ4v) is 3.62. The first-order valence-corrected chi connectivity index (χ1v) is 9.69. The topological polar surface area (TPSA) is 48.7 Å². The number of aryl methyl sites for hydroxylation is 1. The first-order chi connectivity index (χ1) is 13.1. The highest BCUT2D eigenvalue weighted by molar-refractivity contribution is 5.66. The van der Waals surface area contributed by atoms with Gasteiger partial charge in [0.1, 0.15) is 5.82 Å². The minimum Gasteiger partial charge on any atom is -0.368 e. The minimum absolute atomic E-state index is 0.471. The van der Waals surface area contributed by atoms with Crippen LogP contribution in [0, 0.1) is 6.92 Å². The molecule has 0 bridgehead atoms. The molecule has 0 amide bonds. The van der Waals surface area contributed by atoms with E-state index < -0.39 is 0 Å². The molecule has 4 rings (SSSR count). The Bertz CT molecular complexity index is 896. The number of anilines is 1. The fraction of sp³-hybridized carbons (Fsp3) is 0.429. The maximum atomic E-state index is 4.80. The van der Waals surface area contributed by atoms with Gasteiger partial charge in [0.15, 0.2) is 5.65 Å². The van der Waals surface area contributed by atoms with E-state index in [-0.39, 0.29) is 0 Å². The van der Waals surface area contributed by atoms with E-state index in [0.29, 0.717) is 6.04 Å². The highest BCUT2D eigenvalue weighted by atomic mass is 15.3. The molecule has 142 valence electrons. The zero-order chi connectivity index (χ0) is 18.8. The van der Waals surface area contributed by atoms with Gasteiger partial charge in [-0.25, -0.2) is 4.98 Å². The number of hydrogen-bond donors (Lipinski definition) is 1. The molecule has 1 unspecified atom stereocenters. The van der Waals surface area contributed by atoms with Gasteiger partial charge in [-0.15, -0.1) is 0 Å². The lowest BCUT2D eigenvalue weighted by Crippen LogP contribution is -2.50. The van der Waals surface area contributed by atoms with Crippen LogP contribution in [0.25, 0.3) is 16.9 Å². The van der Waals surface area contributed by atoms with Crippen LogP contribution in [0.3, 0.4) is 0 Å². The lowest BCUT2D eigenvalue weighted by molar-refractivity contribution is 0.123. The van der Waals surface area contributed by atoms with Gasteiger partial charge in [0.2, 0.25) is 0 Å². The summed E-state index contributed by atoms with van der Waals surface area (Å²) < 4.78 is 1.92. The first-order valence-electron chi connectivity index (χ1n) is 9.69. The molecule has 1 fully saturated rings. The zero-order valence-corrected chi connectivity index (χ0v) is 16.4. The van der Waals surface area contributed by atoms with E-state index in [2.05, 4.69) is 52.4 Å². The number of hydrogen-bond acceptors (Lipinski definition) is 5. The van der Waals surface area contributed by atoms with Crippen LogP contribution in [-0.4, -0.2) is 70.2 Å². The number of likely N-dealkylation sites (N-methyl/N-ethyl adjacent to an activating group) is 1. The number of aromatic nitrogens is 3. The molecule has 1 aliphatic rings. The van der Waals surface area contributed by atoms with E-state index in [9.17, 15) is 0 Å². The Morgan fingerprint density at radius 3 is 2.56 bits per heavy atom. The third-order valence-electron chi connectivity index (χ3n) is 5.36. The molecule has 0 radical (unpaired) electrons. The minimum atomic E-state index is 0.471. The Labute approximate surface area is 160 Å². The van der Waals surface area contributed by atoms with Gasteiger partial charge in [-0.05, 0) is 20.9 Å². The van der Waals surface area contributed by atoms with Gasteiger partial charge >= 0.3 is 0 Å². The standard InChI is InChI=1S/C21H28N6/c1-16-13-21-23-19(18-7-5-4-6-8-18)14-20(27(21)24-16)22-15-17(2)26-11-9-25(3)10-12-26/h4-8,13-14,17,22H,9-12,15H2,1-3H3. The van der Waals surface area contributed by atoms with E-state index in [1.807, 2.05) is 35.7 Å². The summed E-state index contributed by atoms with van der Waals surface area (Å²) in [7, 11) is 2.19. The second-order valence-electron chi connectivity index (χ2n) is 7.52. The van der Waals surface area contributed by atoms with Crippen molar-refractivity contribution in [2.75, 3.05) is 45.1 Å². The third kappa shape index (κ3) is 3.96. The second kappa shape index (κ2) is 7.66. The number of fused-ring (bicyclic) bond motifs is 1. The molecule has 6 heteroatoms. The number of nitrogens with zero attached hydrogens (tertiary/aromatic N) is 5. The molecule has 3 aromatic rings. The molecule has 0 spiro atoms. The van der Waals surface area contributed by atoms with Crippen molar-refractivity contribution in [3.63, 3.8) is 0 Å². The normalized spacial score (nSPS) is 17.3. The molecule has 2 aromatic heterocycles. The Morgan fingerprint density at radius 1 is 1.07 bits per heavy atom. The molecule has 0 saturated carbocycles. The van der Waals surface area contributed by atoms with E-state index in [1.54, 1.807) is 0 Å². The zero-order valence-electron chi connectivity index (χ0n) is 16.4. The second-order valence-corrected chi connectivity index (χ2v) is 7.52. The summed E-state index contributed by atoms with van der Waals surface area (Å²) in [6.45, 7) is 9.72. The third-order valence-corrected chi connectivity index (χ3v) is 5.36. The fourth-order valence-electron chi connectivity index (χ4n) is 3.62. The molecule has 6 nitrogen and oxygen atoms in total. The Balaban J connectivity index is 1.57. The van der Waals surface area contributed by atoms with Gasteiger partial charge in [0.25, 0.3) is 0 Å². The molecule has 1 aromatic carbocycles. The van der Waals surface area contributed by atoms with Crippen LogP contribution in [0.15, 0.2) is 42.5 Å². The molecule has 1 aliphatic heterocycles. The monoisotopic (exact) mass is 364 g/mol. The summed E-state index contributed by atoms with van der Waals surface area (Å²) >= 11 is 0. The van der Waals surface area contributed by atoms with Crippen LogP contribution < -0.4 is 5.32 Å². The van der Waals surface area contributed by atoms with Crippen molar-refractivity contribution in [3.05, 3.63) is 48.2 Å². The number of benzene rings is 1. The smallest absolute Gasteiger partial charge is 0.158 e. The Kier molecular flexibility index (Phi) is 5.09. The number of rotatable bonds is 5. The van der Waals surface area contributed by atoms with E-state index >= 15 is 0 Å². The summed E-state index contributed by atoms with van der Waals surface area (Å²) in [5, 5.41) is 8.24. The quantitative estimate of drug-likeness (QED) is 0.754. The van der Waals surface area contributed by atoms with E-state index in [0.717, 1.165) is 61.1 Å². The highest BCUT2D eigenvalue weighted by Crippen LogP contribution is 2.22. The van der Waals surface area contributed by atoms with Crippen molar-refractivity contribution in [2.24, 2.45) is 0 Å². The van der Waals surface area contributed by atoms with Gasteiger partial charge in [0, 0.05) is 56.5 Å². The van der Waals surface area contributed by atoms with Gasteiger partial charge in [-0.3, -0.25) is 4.90 Å². The van der Waals surface area contributed by atoms with Crippen LogP contribution >= 0.6 is 0 Å². The molecule has 1 atom stereocenters. The lowest BCUT2D eigenvalue weighted by atomic mass is 10.1. The largest absolute Gasteiger partial charge is 0.368 e. The van der Waals surface area contributed by atoms with Gasteiger partial charge in [-0.2, -0.15) is 9.61 Å². The van der Waals surface area contributed by atoms with Crippen molar-refractivity contribution in [1.82, 2.24) is 24.4 Å². The average molecular weight is 364 g/mol. The van der Waals surface area contributed by atoms with Crippen LogP contribution in [0.5, 0.6) is 0 Å². The Hall–Kier alpha value is -2.44. The highest BCUT2D eigenvalue weighted by Gasteiger charge is 2.19. The SMILES string of the molecule is Cc1cc2nc(-c3ccccc3)cc(NCC(C)N3CCN(C)CC3)n2n1. The molecule has 3 heterocycles. The summed E-state index contributed by atoms with van der Waals surface area (Å²) in [5.41, 5.74) is 3.94. The maximum Gasteiger partial charge on any atom is 0.158 e.